The highest BCUT2D eigenvalue weighted by molar-refractivity contribution is 4.98. The highest BCUT2D eigenvalue weighted by atomic mass is 16.6. The zero-order chi connectivity index (χ0) is 16.5. The molecule has 3 nitrogen and oxygen atoms in total. The monoisotopic (exact) mass is 310 g/mol. The summed E-state index contributed by atoms with van der Waals surface area (Å²) in [6.07, 6.45) is 7.38. The average Bonchev–Trinajstić information content (AvgIpc) is 2.45. The number of allylic oxidation sites excluding steroid dienone is 2. The molecule has 2 saturated heterocycles. The van der Waals surface area contributed by atoms with Crippen molar-refractivity contribution in [2.75, 3.05) is 0 Å². The van der Waals surface area contributed by atoms with Crippen LogP contribution in [0, 0.1) is 23.7 Å². The number of aliphatic hydroxyl groups is 1. The Hall–Kier alpha value is -0.380. The number of hydrogen-bond acceptors (Lipinski definition) is 3. The zero-order valence-corrected chi connectivity index (χ0v) is 15.1. The van der Waals surface area contributed by atoms with E-state index in [-0.39, 0.29) is 18.1 Å². The van der Waals surface area contributed by atoms with Crippen LogP contribution in [0.25, 0.3) is 0 Å². The van der Waals surface area contributed by atoms with Gasteiger partial charge in [0.15, 0.2) is 5.79 Å². The molecule has 2 aliphatic heterocycles. The Kier molecular flexibility index (Phi) is 5.73. The topological polar surface area (TPSA) is 38.7 Å². The normalized spacial score (nSPS) is 45.5. The smallest absolute Gasteiger partial charge is 0.169 e. The molecular formula is C19H34O3. The van der Waals surface area contributed by atoms with Crippen LogP contribution in [0.4, 0.5) is 0 Å². The molecule has 0 aromatic heterocycles. The molecule has 1 N–H and O–H groups in total. The van der Waals surface area contributed by atoms with Gasteiger partial charge in [0.1, 0.15) is 0 Å². The lowest BCUT2D eigenvalue weighted by molar-refractivity contribution is -0.338. The largest absolute Gasteiger partial charge is 0.372 e. The minimum atomic E-state index is -1.04. The van der Waals surface area contributed by atoms with Gasteiger partial charge in [0.2, 0.25) is 0 Å². The average molecular weight is 310 g/mol. The number of hydrogen-bond donors (Lipinski definition) is 1. The molecule has 2 rings (SSSR count). The van der Waals surface area contributed by atoms with Gasteiger partial charge in [0.05, 0.1) is 18.3 Å². The second-order valence-electron chi connectivity index (χ2n) is 7.62. The van der Waals surface area contributed by atoms with Crippen molar-refractivity contribution in [1.82, 2.24) is 0 Å². The molecule has 2 heterocycles. The van der Waals surface area contributed by atoms with E-state index in [0.717, 1.165) is 12.8 Å². The molecule has 0 saturated carbocycles. The summed E-state index contributed by atoms with van der Waals surface area (Å²) in [5, 5.41) is 11.1. The molecule has 8 atom stereocenters. The first-order chi connectivity index (χ1) is 10.3. The van der Waals surface area contributed by atoms with Crippen LogP contribution in [0.3, 0.4) is 0 Å². The third-order valence-electron chi connectivity index (χ3n) is 5.87. The van der Waals surface area contributed by atoms with Crippen LogP contribution in [0.5, 0.6) is 0 Å². The van der Waals surface area contributed by atoms with Crippen molar-refractivity contribution in [1.29, 1.82) is 0 Å². The van der Waals surface area contributed by atoms with Crippen molar-refractivity contribution >= 4 is 0 Å². The Morgan fingerprint density at radius 1 is 1.27 bits per heavy atom. The highest BCUT2D eigenvalue weighted by Crippen LogP contribution is 2.45. The maximum absolute atomic E-state index is 11.1. The second kappa shape index (κ2) is 7.02. The highest BCUT2D eigenvalue weighted by Gasteiger charge is 2.51. The maximum Gasteiger partial charge on any atom is 0.169 e. The van der Waals surface area contributed by atoms with E-state index < -0.39 is 5.79 Å². The van der Waals surface area contributed by atoms with Gasteiger partial charge < -0.3 is 14.6 Å². The molecule has 3 heteroatoms. The van der Waals surface area contributed by atoms with Crippen molar-refractivity contribution in [3.63, 3.8) is 0 Å². The molecule has 0 radical (unpaired) electrons. The van der Waals surface area contributed by atoms with Crippen LogP contribution in [-0.2, 0) is 9.47 Å². The summed E-state index contributed by atoms with van der Waals surface area (Å²) >= 11 is 0. The number of fused-ring (bicyclic) bond motifs is 1. The van der Waals surface area contributed by atoms with Gasteiger partial charge in [-0.25, -0.2) is 0 Å². The predicted molar refractivity (Wildman–Crippen MR) is 89.5 cm³/mol. The molecule has 0 aromatic rings. The number of rotatable bonds is 4. The van der Waals surface area contributed by atoms with Crippen LogP contribution in [-0.4, -0.2) is 29.2 Å². The van der Waals surface area contributed by atoms with Crippen LogP contribution >= 0.6 is 0 Å². The molecule has 0 amide bonds. The van der Waals surface area contributed by atoms with E-state index >= 15 is 0 Å². The molecule has 0 unspecified atom stereocenters. The standard InChI is InChI=1S/C19H34O3/c1-7-9-12(3)15(6)19(20)11-14(5)18-17(22-19)10-13(4)16(8-2)21-18/h7,9,12-18,20H,8,10-11H2,1-6H3/b9-7+/t12-,13-,14+,15-,16-,17+,18+,19+/m1/s1. The van der Waals surface area contributed by atoms with Gasteiger partial charge in [-0.2, -0.15) is 0 Å². The SMILES string of the molecule is C/C=C/[C@@H](C)[C@@H](C)[C@]1(O)C[C@H](C)[C@@H]2O[C@H](CC)[C@H](C)C[C@@H]2O1. The molecule has 0 bridgehead atoms. The number of ether oxygens (including phenoxy) is 2. The quantitative estimate of drug-likeness (QED) is 0.793. The summed E-state index contributed by atoms with van der Waals surface area (Å²) in [7, 11) is 0. The summed E-state index contributed by atoms with van der Waals surface area (Å²) in [5.41, 5.74) is 0. The van der Waals surface area contributed by atoms with Gasteiger partial charge in [0.25, 0.3) is 0 Å². The summed E-state index contributed by atoms with van der Waals surface area (Å²) in [6, 6.07) is 0. The fraction of sp³-hybridized carbons (Fsp3) is 0.895. The van der Waals surface area contributed by atoms with Gasteiger partial charge in [-0.15, -0.1) is 0 Å². The molecule has 2 fully saturated rings. The van der Waals surface area contributed by atoms with E-state index in [9.17, 15) is 5.11 Å². The van der Waals surface area contributed by atoms with Gasteiger partial charge in [-0.3, -0.25) is 0 Å². The van der Waals surface area contributed by atoms with E-state index in [1.807, 2.05) is 6.92 Å². The maximum atomic E-state index is 11.1. The molecule has 22 heavy (non-hydrogen) atoms. The van der Waals surface area contributed by atoms with Crippen LogP contribution in [0.15, 0.2) is 12.2 Å². The summed E-state index contributed by atoms with van der Waals surface area (Å²) < 4.78 is 12.5. The Labute approximate surface area is 136 Å². The molecule has 0 aromatic carbocycles. The fourth-order valence-electron chi connectivity index (χ4n) is 4.25. The molecule has 0 aliphatic carbocycles. The minimum Gasteiger partial charge on any atom is -0.372 e. The lowest BCUT2D eigenvalue weighted by atomic mass is 9.75. The first kappa shape index (κ1) is 18.0. The Balaban J connectivity index is 2.13. The van der Waals surface area contributed by atoms with Crippen LogP contribution in [0.1, 0.15) is 60.8 Å². The molecular weight excluding hydrogens is 276 g/mol. The van der Waals surface area contributed by atoms with Crippen LogP contribution in [0.2, 0.25) is 0 Å². The zero-order valence-electron chi connectivity index (χ0n) is 15.1. The van der Waals surface area contributed by atoms with E-state index in [2.05, 4.69) is 46.8 Å². The first-order valence-corrected chi connectivity index (χ1v) is 9.00. The minimum absolute atomic E-state index is 0.0202. The van der Waals surface area contributed by atoms with Crippen molar-refractivity contribution in [2.24, 2.45) is 23.7 Å². The third-order valence-corrected chi connectivity index (χ3v) is 5.87. The molecule has 2 aliphatic rings. The fourth-order valence-corrected chi connectivity index (χ4v) is 4.25. The Morgan fingerprint density at radius 2 is 1.95 bits per heavy atom. The van der Waals surface area contributed by atoms with Crippen molar-refractivity contribution in [3.05, 3.63) is 12.2 Å². The lowest BCUT2D eigenvalue weighted by Gasteiger charge is -2.52. The first-order valence-electron chi connectivity index (χ1n) is 9.00. The van der Waals surface area contributed by atoms with E-state index in [4.69, 9.17) is 9.47 Å². The summed E-state index contributed by atoms with van der Waals surface area (Å²) in [4.78, 5) is 0. The van der Waals surface area contributed by atoms with Crippen molar-refractivity contribution < 1.29 is 14.6 Å². The van der Waals surface area contributed by atoms with Crippen LogP contribution < -0.4 is 0 Å². The lowest BCUT2D eigenvalue weighted by Crippen LogP contribution is -2.59. The summed E-state index contributed by atoms with van der Waals surface area (Å²) in [6.45, 7) is 12.9. The van der Waals surface area contributed by atoms with E-state index in [0.29, 0.717) is 30.3 Å². The Bertz CT molecular complexity index is 394. The van der Waals surface area contributed by atoms with Gasteiger partial charge >= 0.3 is 0 Å². The van der Waals surface area contributed by atoms with Gasteiger partial charge in [0, 0.05) is 12.3 Å². The predicted octanol–water partition coefficient (Wildman–Crippen LogP) is 4.15. The van der Waals surface area contributed by atoms with E-state index in [1.165, 1.54) is 0 Å². The van der Waals surface area contributed by atoms with Crippen molar-refractivity contribution in [2.45, 2.75) is 84.9 Å². The second-order valence-corrected chi connectivity index (χ2v) is 7.62. The molecule has 0 spiro atoms. The molecule has 128 valence electrons. The van der Waals surface area contributed by atoms with E-state index in [1.54, 1.807) is 0 Å². The summed E-state index contributed by atoms with van der Waals surface area (Å²) in [5.74, 6) is 0.145. The van der Waals surface area contributed by atoms with Gasteiger partial charge in [-0.1, -0.05) is 46.8 Å². The third kappa shape index (κ3) is 3.42. The Morgan fingerprint density at radius 3 is 2.55 bits per heavy atom. The van der Waals surface area contributed by atoms with Gasteiger partial charge in [-0.05, 0) is 37.5 Å². The van der Waals surface area contributed by atoms with Crippen molar-refractivity contribution in [3.8, 4) is 0 Å².